The number of nitrogens with one attached hydrogen (secondary N) is 2. The molecule has 0 bridgehead atoms. The molecule has 1 aromatic rings. The van der Waals surface area contributed by atoms with Crippen molar-refractivity contribution < 1.29 is 19.1 Å². The fourth-order valence-electron chi connectivity index (χ4n) is 3.24. The largest absolute Gasteiger partial charge is 0.444 e. The number of benzene rings is 1. The maximum atomic E-state index is 13.6. The average molecular weight is 480 g/mol. The molecule has 0 spiro atoms. The van der Waals surface area contributed by atoms with E-state index in [1.807, 2.05) is 59.1 Å². The predicted octanol–water partition coefficient (Wildman–Crippen LogP) is 4.36. The molecule has 2 N–H and O–H groups in total. The van der Waals surface area contributed by atoms with Crippen molar-refractivity contribution in [3.8, 4) is 0 Å². The van der Waals surface area contributed by atoms with E-state index in [-0.39, 0.29) is 11.8 Å². The zero-order valence-electron chi connectivity index (χ0n) is 21.8. The van der Waals surface area contributed by atoms with Gasteiger partial charge in [-0.3, -0.25) is 9.59 Å². The first kappa shape index (κ1) is 28.8. The van der Waals surface area contributed by atoms with Gasteiger partial charge >= 0.3 is 6.09 Å². The molecule has 0 heterocycles. The molecule has 0 fully saturated rings. The van der Waals surface area contributed by atoms with Crippen molar-refractivity contribution in [2.24, 2.45) is 0 Å². The van der Waals surface area contributed by atoms with Crippen molar-refractivity contribution in [3.05, 3.63) is 34.9 Å². The van der Waals surface area contributed by atoms with Crippen LogP contribution in [-0.4, -0.2) is 59.0 Å². The van der Waals surface area contributed by atoms with E-state index in [0.29, 0.717) is 12.2 Å². The summed E-state index contributed by atoms with van der Waals surface area (Å²) in [5.41, 5.74) is 1.71. The van der Waals surface area contributed by atoms with Crippen molar-refractivity contribution in [2.45, 2.75) is 85.0 Å². The molecule has 1 rings (SSSR count). The van der Waals surface area contributed by atoms with Gasteiger partial charge in [0, 0.05) is 12.6 Å². The van der Waals surface area contributed by atoms with Crippen LogP contribution in [0.25, 0.3) is 0 Å². The number of amides is 3. The molecule has 0 saturated carbocycles. The molecular weight excluding hydrogens is 438 g/mol. The maximum Gasteiger partial charge on any atom is 0.408 e. The van der Waals surface area contributed by atoms with Gasteiger partial charge in [-0.1, -0.05) is 18.2 Å². The van der Waals surface area contributed by atoms with Crippen LogP contribution in [0.2, 0.25) is 0 Å². The highest BCUT2D eigenvalue weighted by molar-refractivity contribution is 7.98. The summed E-state index contributed by atoms with van der Waals surface area (Å²) in [4.78, 5) is 40.7. The molecule has 0 aliphatic heterocycles. The van der Waals surface area contributed by atoms with Gasteiger partial charge in [0.1, 0.15) is 17.7 Å². The third-order valence-electron chi connectivity index (χ3n) is 4.93. The summed E-state index contributed by atoms with van der Waals surface area (Å²) >= 11 is 1.58. The summed E-state index contributed by atoms with van der Waals surface area (Å²) in [5, 5.41) is 5.70. The van der Waals surface area contributed by atoms with Crippen LogP contribution in [-0.2, 0) is 14.3 Å². The lowest BCUT2D eigenvalue weighted by molar-refractivity contribution is -0.141. The first-order valence-electron chi connectivity index (χ1n) is 11.2. The van der Waals surface area contributed by atoms with Gasteiger partial charge in [0.05, 0.1) is 0 Å². The lowest BCUT2D eigenvalue weighted by Crippen LogP contribution is -2.53. The van der Waals surface area contributed by atoms with Crippen molar-refractivity contribution >= 4 is 29.7 Å². The van der Waals surface area contributed by atoms with Gasteiger partial charge in [0.2, 0.25) is 11.8 Å². The van der Waals surface area contributed by atoms with E-state index in [1.165, 1.54) is 4.90 Å². The summed E-state index contributed by atoms with van der Waals surface area (Å²) in [5.74, 6) is 0.0485. The first-order valence-corrected chi connectivity index (χ1v) is 12.6. The molecule has 33 heavy (non-hydrogen) atoms. The van der Waals surface area contributed by atoms with E-state index in [1.54, 1.807) is 39.6 Å². The Kier molecular flexibility index (Phi) is 10.3. The summed E-state index contributed by atoms with van der Waals surface area (Å²) in [6.07, 6.45) is 1.70. The van der Waals surface area contributed by atoms with Crippen LogP contribution < -0.4 is 10.6 Å². The highest BCUT2D eigenvalue weighted by Crippen LogP contribution is 2.25. The first-order chi connectivity index (χ1) is 15.1. The topological polar surface area (TPSA) is 87.7 Å². The number of thioether (sulfide) groups is 1. The number of carbonyl (C=O) groups excluding carboxylic acids is 3. The van der Waals surface area contributed by atoms with E-state index in [0.717, 1.165) is 16.7 Å². The molecule has 7 nitrogen and oxygen atoms in total. The van der Waals surface area contributed by atoms with Gasteiger partial charge < -0.3 is 20.3 Å². The molecule has 0 radical (unpaired) electrons. The lowest BCUT2D eigenvalue weighted by atomic mass is 9.97. The Balaban J connectivity index is 3.30. The number of alkyl carbamates (subject to hydrolysis) is 1. The van der Waals surface area contributed by atoms with Crippen LogP contribution in [0.15, 0.2) is 18.2 Å². The zero-order valence-corrected chi connectivity index (χ0v) is 22.6. The average Bonchev–Trinajstić information content (AvgIpc) is 2.64. The van der Waals surface area contributed by atoms with Gasteiger partial charge in [-0.05, 0) is 90.5 Å². The highest BCUT2D eigenvalue weighted by Gasteiger charge is 2.35. The third-order valence-corrected chi connectivity index (χ3v) is 5.57. The summed E-state index contributed by atoms with van der Waals surface area (Å²) in [6, 6.07) is 4.10. The minimum absolute atomic E-state index is 0.275. The Morgan fingerprint density at radius 2 is 1.67 bits per heavy atom. The monoisotopic (exact) mass is 479 g/mol. The Labute approximate surface area is 203 Å². The molecule has 8 heteroatoms. The second-order valence-electron chi connectivity index (χ2n) is 10.4. The minimum atomic E-state index is -0.840. The number of ether oxygens (including phenoxy) is 1. The lowest BCUT2D eigenvalue weighted by Gasteiger charge is -2.33. The third kappa shape index (κ3) is 9.66. The van der Waals surface area contributed by atoms with Crippen LogP contribution >= 0.6 is 11.8 Å². The molecular formula is C25H41N3O4S. The number of aryl methyl sites for hydroxylation is 2. The fourth-order valence-corrected chi connectivity index (χ4v) is 3.71. The Morgan fingerprint density at radius 3 is 2.15 bits per heavy atom. The molecule has 1 aromatic carbocycles. The van der Waals surface area contributed by atoms with E-state index < -0.39 is 29.3 Å². The normalized spacial score (nSPS) is 13.6. The van der Waals surface area contributed by atoms with Gasteiger partial charge in [-0.2, -0.15) is 11.8 Å². The minimum Gasteiger partial charge on any atom is -0.444 e. The number of nitrogens with zero attached hydrogens (tertiary/aromatic N) is 1. The van der Waals surface area contributed by atoms with Crippen LogP contribution in [0.4, 0.5) is 4.79 Å². The Bertz CT molecular complexity index is 843. The number of hydrogen-bond donors (Lipinski definition) is 2. The van der Waals surface area contributed by atoms with E-state index >= 15 is 0 Å². The SMILES string of the molecule is CSCCC(NC(=O)OC(C)(C)C)C(=O)N(C)C(C(=O)NC(C)(C)C)c1ccc(C)c(C)c1. The van der Waals surface area contributed by atoms with Crippen LogP contribution in [0.3, 0.4) is 0 Å². The van der Waals surface area contributed by atoms with Gasteiger partial charge in [0.15, 0.2) is 0 Å². The quantitative estimate of drug-likeness (QED) is 0.578. The van der Waals surface area contributed by atoms with Gasteiger partial charge in [0.25, 0.3) is 0 Å². The summed E-state index contributed by atoms with van der Waals surface area (Å²) < 4.78 is 5.36. The second kappa shape index (κ2) is 11.8. The van der Waals surface area contributed by atoms with Gasteiger partial charge in [-0.25, -0.2) is 4.79 Å². The fraction of sp³-hybridized carbons (Fsp3) is 0.640. The maximum absolute atomic E-state index is 13.6. The Morgan fingerprint density at radius 1 is 1.06 bits per heavy atom. The summed E-state index contributed by atoms with van der Waals surface area (Å²) in [7, 11) is 1.60. The molecule has 186 valence electrons. The molecule has 2 unspecified atom stereocenters. The van der Waals surface area contributed by atoms with Crippen LogP contribution in [0.1, 0.15) is 70.7 Å². The predicted molar refractivity (Wildman–Crippen MR) is 135 cm³/mol. The van der Waals surface area contributed by atoms with Crippen molar-refractivity contribution in [1.29, 1.82) is 0 Å². The van der Waals surface area contributed by atoms with Crippen LogP contribution in [0.5, 0.6) is 0 Å². The smallest absolute Gasteiger partial charge is 0.408 e. The number of carbonyl (C=O) groups is 3. The molecule has 0 saturated heterocycles. The number of rotatable bonds is 8. The van der Waals surface area contributed by atoms with Crippen molar-refractivity contribution in [3.63, 3.8) is 0 Å². The second-order valence-corrected chi connectivity index (χ2v) is 11.4. The molecule has 2 atom stereocenters. The van der Waals surface area contributed by atoms with E-state index in [2.05, 4.69) is 10.6 Å². The number of hydrogen-bond acceptors (Lipinski definition) is 5. The van der Waals surface area contributed by atoms with E-state index in [4.69, 9.17) is 4.74 Å². The molecule has 0 aromatic heterocycles. The number of likely N-dealkylation sites (N-methyl/N-ethyl adjacent to an activating group) is 1. The van der Waals surface area contributed by atoms with E-state index in [9.17, 15) is 14.4 Å². The molecule has 0 aliphatic rings. The molecule has 0 aliphatic carbocycles. The van der Waals surface area contributed by atoms with Gasteiger partial charge in [-0.15, -0.1) is 0 Å². The van der Waals surface area contributed by atoms with Crippen LogP contribution in [0, 0.1) is 13.8 Å². The standard InChI is InChI=1S/C25H41N3O4S/c1-16-11-12-18(15-17(16)2)20(21(29)27-24(3,4)5)28(9)22(30)19(13-14-33-10)26-23(31)32-25(6,7)8/h11-12,15,19-20H,13-14H2,1-10H3,(H,26,31)(H,27,29). The molecule has 3 amide bonds. The zero-order chi connectivity index (χ0) is 25.6. The van der Waals surface area contributed by atoms with Crippen molar-refractivity contribution in [2.75, 3.05) is 19.1 Å². The van der Waals surface area contributed by atoms with Crippen molar-refractivity contribution in [1.82, 2.24) is 15.5 Å². The Hall–Kier alpha value is -2.22. The summed E-state index contributed by atoms with van der Waals surface area (Å²) in [6.45, 7) is 15.0. The highest BCUT2D eigenvalue weighted by atomic mass is 32.2.